The third-order valence-corrected chi connectivity index (χ3v) is 7.75. The monoisotopic (exact) mass is 550 g/mol. The van der Waals surface area contributed by atoms with Crippen LogP contribution in [-0.4, -0.2) is 66.4 Å². The number of hydrogen-bond donors (Lipinski definition) is 3. The van der Waals surface area contributed by atoms with Gasteiger partial charge in [0.1, 0.15) is 18.2 Å². The summed E-state index contributed by atoms with van der Waals surface area (Å²) in [4.78, 5) is 45.4. The molecule has 2 aromatic heterocycles. The molecule has 3 heterocycles. The number of amides is 2. The first-order valence-corrected chi connectivity index (χ1v) is 13.4. The van der Waals surface area contributed by atoms with Crippen LogP contribution in [0.25, 0.3) is 10.4 Å². The molecular weight excluding hydrogens is 520 g/mol. The van der Waals surface area contributed by atoms with Gasteiger partial charge in [0.05, 0.1) is 34.6 Å². The average Bonchev–Trinajstić information content (AvgIpc) is 3.63. The predicted octanol–water partition coefficient (Wildman–Crippen LogP) is 2.68. The molecule has 3 N–H and O–H groups in total. The Balaban J connectivity index is 1.55. The van der Waals surface area contributed by atoms with E-state index in [0.717, 1.165) is 16.1 Å². The lowest BCUT2D eigenvalue weighted by Crippen LogP contribution is -2.49. The number of hydrogen-bond acceptors (Lipinski definition) is 8. The second kappa shape index (κ2) is 11.8. The second-order valence-corrected chi connectivity index (χ2v) is 10.8. The Labute approximate surface area is 229 Å². The van der Waals surface area contributed by atoms with E-state index in [4.69, 9.17) is 5.26 Å². The molecule has 4 rings (SSSR count). The van der Waals surface area contributed by atoms with Gasteiger partial charge in [-0.15, -0.1) is 11.3 Å². The van der Waals surface area contributed by atoms with Crippen molar-refractivity contribution in [2.24, 2.45) is 5.92 Å². The normalized spacial score (nSPS) is 18.5. The van der Waals surface area contributed by atoms with Crippen LogP contribution >= 0.6 is 11.3 Å². The number of nitrogens with zero attached hydrogens (tertiary/aromatic N) is 5. The quantitative estimate of drug-likeness (QED) is 0.366. The maximum Gasteiger partial charge on any atom is 0.305 e. The van der Waals surface area contributed by atoms with E-state index in [9.17, 15) is 24.6 Å². The smallest absolute Gasteiger partial charge is 0.305 e. The molecule has 1 aliphatic rings. The number of aliphatic carboxylic acids is 1. The van der Waals surface area contributed by atoms with E-state index in [0.29, 0.717) is 5.56 Å². The molecule has 1 aromatic carbocycles. The van der Waals surface area contributed by atoms with Crippen molar-refractivity contribution in [2.75, 3.05) is 6.54 Å². The Kier molecular flexibility index (Phi) is 8.42. The molecule has 0 spiro atoms. The van der Waals surface area contributed by atoms with Crippen LogP contribution in [-0.2, 0) is 14.4 Å². The Hall–Kier alpha value is -4.08. The topological polar surface area (TPSA) is 161 Å². The van der Waals surface area contributed by atoms with Crippen LogP contribution < -0.4 is 5.32 Å². The van der Waals surface area contributed by atoms with Gasteiger partial charge in [-0.3, -0.25) is 19.1 Å². The number of rotatable bonds is 9. The predicted molar refractivity (Wildman–Crippen MR) is 142 cm³/mol. The Morgan fingerprint density at radius 3 is 2.51 bits per heavy atom. The molecule has 12 heteroatoms. The van der Waals surface area contributed by atoms with E-state index in [1.165, 1.54) is 27.0 Å². The van der Waals surface area contributed by atoms with E-state index in [1.807, 2.05) is 39.0 Å². The molecule has 0 saturated carbocycles. The molecular formula is C27H30N6O5S. The first kappa shape index (κ1) is 27.9. The molecule has 0 unspecified atom stereocenters. The summed E-state index contributed by atoms with van der Waals surface area (Å²) >= 11 is 1.51. The third kappa shape index (κ3) is 6.16. The van der Waals surface area contributed by atoms with Crippen LogP contribution in [0.2, 0.25) is 0 Å². The molecule has 0 aliphatic carbocycles. The van der Waals surface area contributed by atoms with Crippen LogP contribution in [0.15, 0.2) is 42.0 Å². The van der Waals surface area contributed by atoms with Crippen molar-refractivity contribution in [2.45, 2.75) is 57.8 Å². The standard InChI is InChI=1S/C27H30N6O5S/c1-15(2)24(33-9-8-19(12-28)31-33)27(38)32-13-20(34)10-22(32)26(37)30-21(11-23(35)36)17-4-6-18(7-5-17)25-16(3)29-14-39-25/h4-9,14-15,20-22,24,34H,10-11,13H2,1-3H3,(H,30,37)(H,35,36)/t20-,21+,22+,24+/m1/s1. The van der Waals surface area contributed by atoms with Crippen LogP contribution in [0, 0.1) is 24.2 Å². The van der Waals surface area contributed by atoms with Gasteiger partial charge in [-0.1, -0.05) is 38.1 Å². The molecule has 2 amide bonds. The number of nitriles is 1. The molecule has 4 atom stereocenters. The highest BCUT2D eigenvalue weighted by molar-refractivity contribution is 7.13. The number of carboxylic acids is 1. The van der Waals surface area contributed by atoms with Gasteiger partial charge in [0.15, 0.2) is 5.69 Å². The number of carbonyl (C=O) groups is 3. The van der Waals surface area contributed by atoms with Crippen molar-refractivity contribution in [3.05, 3.63) is 59.0 Å². The zero-order valence-corrected chi connectivity index (χ0v) is 22.6. The fourth-order valence-electron chi connectivity index (χ4n) is 4.87. The summed E-state index contributed by atoms with van der Waals surface area (Å²) in [6.45, 7) is 5.53. The number of aliphatic hydroxyl groups is 1. The molecule has 204 valence electrons. The van der Waals surface area contributed by atoms with Gasteiger partial charge in [-0.2, -0.15) is 10.4 Å². The summed E-state index contributed by atoms with van der Waals surface area (Å²) in [5, 5.41) is 36.0. The zero-order chi connectivity index (χ0) is 28.3. The van der Waals surface area contributed by atoms with Crippen molar-refractivity contribution >= 4 is 29.1 Å². The average molecular weight is 551 g/mol. The summed E-state index contributed by atoms with van der Waals surface area (Å²) in [6.07, 6.45) is 0.300. The highest BCUT2D eigenvalue weighted by atomic mass is 32.1. The first-order chi connectivity index (χ1) is 18.6. The summed E-state index contributed by atoms with van der Waals surface area (Å²) in [6, 6.07) is 8.09. The lowest BCUT2D eigenvalue weighted by atomic mass is 10.00. The van der Waals surface area contributed by atoms with Crippen molar-refractivity contribution in [1.29, 1.82) is 5.26 Å². The number of carboxylic acid groups (broad SMARTS) is 1. The van der Waals surface area contributed by atoms with Crippen LogP contribution in [0.3, 0.4) is 0 Å². The summed E-state index contributed by atoms with van der Waals surface area (Å²) in [5.41, 5.74) is 4.36. The van der Waals surface area contributed by atoms with E-state index in [2.05, 4.69) is 15.4 Å². The van der Waals surface area contributed by atoms with Crippen molar-refractivity contribution < 1.29 is 24.6 Å². The van der Waals surface area contributed by atoms with E-state index >= 15 is 0 Å². The van der Waals surface area contributed by atoms with E-state index in [1.54, 1.807) is 23.8 Å². The molecule has 0 bridgehead atoms. The van der Waals surface area contributed by atoms with Crippen LogP contribution in [0.1, 0.15) is 55.7 Å². The number of carbonyl (C=O) groups excluding carboxylic acids is 2. The van der Waals surface area contributed by atoms with Gasteiger partial charge >= 0.3 is 5.97 Å². The molecule has 11 nitrogen and oxygen atoms in total. The first-order valence-electron chi connectivity index (χ1n) is 12.6. The number of aryl methyl sites for hydroxylation is 1. The summed E-state index contributed by atoms with van der Waals surface area (Å²) in [7, 11) is 0. The minimum Gasteiger partial charge on any atom is -0.481 e. The van der Waals surface area contributed by atoms with Crippen molar-refractivity contribution in [3.8, 4) is 16.5 Å². The minimum absolute atomic E-state index is 0.0221. The fraction of sp³-hybridized carbons (Fsp3) is 0.407. The number of aromatic nitrogens is 3. The lowest BCUT2D eigenvalue weighted by Gasteiger charge is -2.31. The van der Waals surface area contributed by atoms with Gasteiger partial charge in [-0.25, -0.2) is 4.98 Å². The zero-order valence-electron chi connectivity index (χ0n) is 21.8. The number of aliphatic hydroxyl groups excluding tert-OH is 1. The van der Waals surface area contributed by atoms with Gasteiger partial charge < -0.3 is 20.4 Å². The van der Waals surface area contributed by atoms with Crippen LogP contribution in [0.5, 0.6) is 0 Å². The SMILES string of the molecule is Cc1ncsc1-c1ccc([C@H](CC(=O)O)NC(=O)[C@@H]2C[C@@H](O)CN2C(=O)[C@H](C(C)C)n2ccc(C#N)n2)cc1. The molecule has 1 saturated heterocycles. The molecule has 0 radical (unpaired) electrons. The second-order valence-electron chi connectivity index (χ2n) is 9.93. The largest absolute Gasteiger partial charge is 0.481 e. The Morgan fingerprint density at radius 1 is 1.23 bits per heavy atom. The fourth-order valence-corrected chi connectivity index (χ4v) is 5.68. The molecule has 39 heavy (non-hydrogen) atoms. The maximum absolute atomic E-state index is 13.6. The van der Waals surface area contributed by atoms with Gasteiger partial charge in [0.25, 0.3) is 0 Å². The number of likely N-dealkylation sites (tertiary alicyclic amines) is 1. The summed E-state index contributed by atoms with van der Waals surface area (Å²) < 4.78 is 1.41. The molecule has 3 aromatic rings. The number of thiazole rings is 1. The van der Waals surface area contributed by atoms with Crippen LogP contribution in [0.4, 0.5) is 0 Å². The Bertz CT molecular complexity index is 1390. The summed E-state index contributed by atoms with van der Waals surface area (Å²) in [5.74, 6) is -2.26. The lowest BCUT2D eigenvalue weighted by molar-refractivity contribution is -0.143. The maximum atomic E-state index is 13.6. The van der Waals surface area contributed by atoms with Gasteiger partial charge in [0, 0.05) is 19.2 Å². The third-order valence-electron chi connectivity index (χ3n) is 6.77. The number of benzene rings is 1. The highest BCUT2D eigenvalue weighted by Gasteiger charge is 2.43. The van der Waals surface area contributed by atoms with Gasteiger partial charge in [0.2, 0.25) is 11.8 Å². The van der Waals surface area contributed by atoms with E-state index in [-0.39, 0.29) is 31.0 Å². The highest BCUT2D eigenvalue weighted by Crippen LogP contribution is 2.30. The Morgan fingerprint density at radius 2 is 1.95 bits per heavy atom. The number of nitrogens with one attached hydrogen (secondary N) is 1. The van der Waals surface area contributed by atoms with Gasteiger partial charge in [-0.05, 0) is 30.0 Å². The van der Waals surface area contributed by atoms with Crippen molar-refractivity contribution in [1.82, 2.24) is 25.0 Å². The number of β-amino-alcohol motifs (C(OH)–C–C–N with tert-alkyl or cyclic N) is 1. The molecule has 1 fully saturated rings. The van der Waals surface area contributed by atoms with E-state index < -0.39 is 42.0 Å². The molecule has 1 aliphatic heterocycles. The van der Waals surface area contributed by atoms with Crippen molar-refractivity contribution in [3.63, 3.8) is 0 Å². The minimum atomic E-state index is -1.09.